The molecule has 0 saturated carbocycles. The maximum Gasteiger partial charge on any atom is 0.0749 e. The smallest absolute Gasteiger partial charge is 0.0749 e. The Morgan fingerprint density at radius 3 is 2.42 bits per heavy atom. The zero-order valence-electron chi connectivity index (χ0n) is 14.0. The van der Waals surface area contributed by atoms with Crippen molar-refractivity contribution in [2.75, 3.05) is 26.7 Å². The Morgan fingerprint density at radius 2 is 1.95 bits per heavy atom. The Labute approximate surface area is 120 Å². The zero-order chi connectivity index (χ0) is 14.6. The van der Waals surface area contributed by atoms with E-state index in [0.29, 0.717) is 18.0 Å². The van der Waals surface area contributed by atoms with E-state index in [2.05, 4.69) is 51.8 Å². The van der Waals surface area contributed by atoms with Gasteiger partial charge in [-0.2, -0.15) is 0 Å². The fourth-order valence-corrected chi connectivity index (χ4v) is 2.91. The van der Waals surface area contributed by atoms with Crippen molar-refractivity contribution in [1.82, 2.24) is 10.2 Å². The Bertz CT molecular complexity index is 265. The van der Waals surface area contributed by atoms with E-state index in [1.54, 1.807) is 0 Å². The Morgan fingerprint density at radius 1 is 1.32 bits per heavy atom. The first-order valence-electron chi connectivity index (χ1n) is 7.83. The second-order valence-corrected chi connectivity index (χ2v) is 7.10. The summed E-state index contributed by atoms with van der Waals surface area (Å²) in [6.07, 6.45) is 1.24. The van der Waals surface area contributed by atoms with Crippen LogP contribution >= 0.6 is 0 Å². The van der Waals surface area contributed by atoms with Crippen LogP contribution in [0.4, 0.5) is 0 Å². The zero-order valence-corrected chi connectivity index (χ0v) is 14.0. The van der Waals surface area contributed by atoms with Crippen molar-refractivity contribution in [2.45, 2.75) is 65.6 Å². The summed E-state index contributed by atoms with van der Waals surface area (Å²) in [7, 11) is 1.82. The van der Waals surface area contributed by atoms with E-state index in [0.717, 1.165) is 25.6 Å². The molecule has 1 fully saturated rings. The van der Waals surface area contributed by atoms with Gasteiger partial charge in [-0.05, 0) is 25.7 Å². The van der Waals surface area contributed by atoms with Crippen molar-refractivity contribution in [3.8, 4) is 0 Å². The molecule has 0 aromatic heterocycles. The van der Waals surface area contributed by atoms with Crippen molar-refractivity contribution in [2.24, 2.45) is 11.8 Å². The van der Waals surface area contributed by atoms with Crippen LogP contribution in [-0.2, 0) is 4.74 Å². The second kappa shape index (κ2) is 7.05. The lowest BCUT2D eigenvalue weighted by atomic mass is 9.91. The van der Waals surface area contributed by atoms with Crippen molar-refractivity contribution in [1.29, 1.82) is 0 Å². The van der Waals surface area contributed by atoms with E-state index in [9.17, 15) is 0 Å². The molecular formula is C16H34N2O. The molecule has 1 aliphatic heterocycles. The molecule has 19 heavy (non-hydrogen) atoms. The van der Waals surface area contributed by atoms with Crippen LogP contribution in [0.1, 0.15) is 48.0 Å². The number of ether oxygens (including phenoxy) is 1. The Hall–Kier alpha value is -0.120. The maximum absolute atomic E-state index is 5.63. The lowest BCUT2D eigenvalue weighted by Crippen LogP contribution is -2.62. The highest BCUT2D eigenvalue weighted by molar-refractivity contribution is 4.92. The fraction of sp³-hybridized carbons (Fsp3) is 1.00. The third kappa shape index (κ3) is 4.73. The third-order valence-corrected chi connectivity index (χ3v) is 4.73. The number of piperazine rings is 1. The first-order chi connectivity index (χ1) is 8.80. The molecule has 0 amide bonds. The Kier molecular flexibility index (Phi) is 6.28. The van der Waals surface area contributed by atoms with Gasteiger partial charge in [0.25, 0.3) is 0 Å². The number of rotatable bonds is 6. The first-order valence-corrected chi connectivity index (χ1v) is 7.83. The van der Waals surface area contributed by atoms with Crippen LogP contribution in [0.2, 0.25) is 0 Å². The van der Waals surface area contributed by atoms with E-state index in [1.807, 2.05) is 7.11 Å². The number of nitrogens with zero attached hydrogens (tertiary/aromatic N) is 1. The summed E-state index contributed by atoms with van der Waals surface area (Å²) < 4.78 is 5.63. The van der Waals surface area contributed by atoms with Crippen LogP contribution in [0.5, 0.6) is 0 Å². The molecule has 0 radical (unpaired) electrons. The van der Waals surface area contributed by atoms with Gasteiger partial charge in [-0.25, -0.2) is 0 Å². The molecule has 1 saturated heterocycles. The van der Waals surface area contributed by atoms with Gasteiger partial charge >= 0.3 is 0 Å². The summed E-state index contributed by atoms with van der Waals surface area (Å²) in [5, 5.41) is 3.75. The fourth-order valence-electron chi connectivity index (χ4n) is 2.91. The van der Waals surface area contributed by atoms with Gasteiger partial charge in [0.05, 0.1) is 5.60 Å². The number of nitrogens with one attached hydrogen (secondary N) is 1. The molecule has 1 N–H and O–H groups in total. The van der Waals surface area contributed by atoms with Gasteiger partial charge in [-0.3, -0.25) is 4.90 Å². The number of methoxy groups -OCH3 is 1. The van der Waals surface area contributed by atoms with E-state index in [4.69, 9.17) is 4.74 Å². The highest BCUT2D eigenvalue weighted by Crippen LogP contribution is 2.22. The minimum absolute atomic E-state index is 0.0650. The molecule has 1 heterocycles. The van der Waals surface area contributed by atoms with Crippen molar-refractivity contribution < 1.29 is 4.74 Å². The number of hydrogen-bond donors (Lipinski definition) is 1. The first kappa shape index (κ1) is 16.9. The van der Waals surface area contributed by atoms with Gasteiger partial charge in [0.1, 0.15) is 0 Å². The summed E-state index contributed by atoms with van der Waals surface area (Å²) in [5.74, 6) is 1.42. The normalized spacial score (nSPS) is 27.8. The molecule has 114 valence electrons. The Balaban J connectivity index is 2.73. The van der Waals surface area contributed by atoms with Crippen LogP contribution in [0.25, 0.3) is 0 Å². The molecule has 0 aromatic carbocycles. The van der Waals surface area contributed by atoms with Gasteiger partial charge in [0.2, 0.25) is 0 Å². The molecule has 0 aliphatic carbocycles. The summed E-state index contributed by atoms with van der Waals surface area (Å²) in [6.45, 7) is 16.9. The van der Waals surface area contributed by atoms with Crippen molar-refractivity contribution >= 4 is 0 Å². The van der Waals surface area contributed by atoms with Gasteiger partial charge in [0.15, 0.2) is 0 Å². The van der Waals surface area contributed by atoms with Gasteiger partial charge in [-0.15, -0.1) is 0 Å². The topological polar surface area (TPSA) is 24.5 Å². The predicted octanol–water partition coefficient (Wildman–Crippen LogP) is 2.76. The highest BCUT2D eigenvalue weighted by atomic mass is 16.5. The second-order valence-electron chi connectivity index (χ2n) is 7.10. The lowest BCUT2D eigenvalue weighted by molar-refractivity contribution is -0.0363. The molecule has 0 aromatic rings. The monoisotopic (exact) mass is 270 g/mol. The minimum Gasteiger partial charge on any atom is -0.377 e. The van der Waals surface area contributed by atoms with Crippen LogP contribution in [0.15, 0.2) is 0 Å². The van der Waals surface area contributed by atoms with Gasteiger partial charge in [-0.1, -0.05) is 34.1 Å². The van der Waals surface area contributed by atoms with E-state index in [-0.39, 0.29) is 5.60 Å². The quantitative estimate of drug-likeness (QED) is 0.803. The van der Waals surface area contributed by atoms with Crippen LogP contribution in [0.3, 0.4) is 0 Å². The van der Waals surface area contributed by atoms with Gasteiger partial charge < -0.3 is 10.1 Å². The molecular weight excluding hydrogens is 236 g/mol. The molecule has 3 atom stereocenters. The largest absolute Gasteiger partial charge is 0.377 e. The molecule has 3 nitrogen and oxygen atoms in total. The SMILES string of the molecule is CCC(C)C1CN(CC(C)(C)OC)C(C(C)C)CN1. The molecule has 3 heteroatoms. The summed E-state index contributed by atoms with van der Waals surface area (Å²) in [5.41, 5.74) is -0.0650. The predicted molar refractivity (Wildman–Crippen MR) is 82.5 cm³/mol. The average Bonchev–Trinajstić information content (AvgIpc) is 2.37. The maximum atomic E-state index is 5.63. The highest BCUT2D eigenvalue weighted by Gasteiger charge is 2.34. The van der Waals surface area contributed by atoms with E-state index in [1.165, 1.54) is 6.42 Å². The van der Waals surface area contributed by atoms with E-state index < -0.39 is 0 Å². The van der Waals surface area contributed by atoms with Crippen LogP contribution < -0.4 is 5.32 Å². The molecule has 0 bridgehead atoms. The standard InChI is InChI=1S/C16H34N2O/c1-8-13(4)14-10-18(11-16(5,6)19-7)15(9-17-14)12(2)3/h12-15,17H,8-11H2,1-7H3. The number of hydrogen-bond acceptors (Lipinski definition) is 3. The molecule has 0 spiro atoms. The minimum atomic E-state index is -0.0650. The average molecular weight is 270 g/mol. The van der Waals surface area contributed by atoms with Crippen LogP contribution in [0, 0.1) is 11.8 Å². The van der Waals surface area contributed by atoms with Crippen LogP contribution in [-0.4, -0.2) is 49.3 Å². The van der Waals surface area contributed by atoms with E-state index >= 15 is 0 Å². The van der Waals surface area contributed by atoms with Crippen molar-refractivity contribution in [3.05, 3.63) is 0 Å². The molecule has 1 rings (SSSR count). The molecule has 3 unspecified atom stereocenters. The summed E-state index contributed by atoms with van der Waals surface area (Å²) >= 11 is 0. The summed E-state index contributed by atoms with van der Waals surface area (Å²) in [6, 6.07) is 1.24. The van der Waals surface area contributed by atoms with Crippen molar-refractivity contribution in [3.63, 3.8) is 0 Å². The molecule has 1 aliphatic rings. The lowest BCUT2D eigenvalue weighted by Gasteiger charge is -2.46. The third-order valence-electron chi connectivity index (χ3n) is 4.73. The summed E-state index contributed by atoms with van der Waals surface area (Å²) in [4.78, 5) is 2.64. The van der Waals surface area contributed by atoms with Gasteiger partial charge in [0, 0.05) is 38.8 Å².